The average molecular weight is 690 g/mol. The molecule has 1 unspecified atom stereocenters. The number of hydrogen-bond acceptors (Lipinski definition) is 7. The van der Waals surface area contributed by atoms with Crippen molar-refractivity contribution in [3.63, 3.8) is 0 Å². The first-order chi connectivity index (χ1) is 19.7. The third-order valence-corrected chi connectivity index (χ3v) is 9.37. The fourth-order valence-electron chi connectivity index (χ4n) is 2.83. The summed E-state index contributed by atoms with van der Waals surface area (Å²) in [4.78, 5) is 0.681. The van der Waals surface area contributed by atoms with Crippen LogP contribution in [0.3, 0.4) is 0 Å². The molecule has 0 saturated carbocycles. The van der Waals surface area contributed by atoms with Crippen LogP contribution in [0.2, 0.25) is 0 Å². The molecule has 4 aromatic rings. The Morgan fingerprint density at radius 2 is 1.21 bits per heavy atom. The fraction of sp³-hybridized carbons (Fsp3) is 0.0968. The molecular formula is C31H34ClNaO4PS4-. The zero-order chi connectivity index (χ0) is 30.5. The van der Waals surface area contributed by atoms with Crippen molar-refractivity contribution in [1.29, 1.82) is 1.28 Å². The molecule has 0 aliphatic carbocycles. The van der Waals surface area contributed by atoms with Gasteiger partial charge in [-0.1, -0.05) is 134 Å². The van der Waals surface area contributed by atoms with Crippen molar-refractivity contribution in [1.82, 2.24) is 0 Å². The van der Waals surface area contributed by atoms with Gasteiger partial charge in [0.2, 0.25) is 8.87 Å². The van der Waals surface area contributed by atoms with E-state index in [0.29, 0.717) is 30.6 Å². The Bertz CT molecular complexity index is 1480. The van der Waals surface area contributed by atoms with E-state index in [9.17, 15) is 16.8 Å². The Balaban J connectivity index is 0. The molecule has 0 N–H and O–H groups in total. The molecule has 4 rings (SSSR count). The molecule has 0 saturated heterocycles. The van der Waals surface area contributed by atoms with E-state index in [0.717, 1.165) is 33.0 Å². The van der Waals surface area contributed by atoms with Crippen molar-refractivity contribution in [3.8, 4) is 0 Å². The van der Waals surface area contributed by atoms with Gasteiger partial charge in [-0.2, -0.15) is 0 Å². The molecule has 0 fully saturated rings. The van der Waals surface area contributed by atoms with Crippen LogP contribution in [0, 0.1) is 0 Å². The predicted molar refractivity (Wildman–Crippen MR) is 185 cm³/mol. The van der Waals surface area contributed by atoms with Gasteiger partial charge in [-0.05, 0) is 55.9 Å². The van der Waals surface area contributed by atoms with Crippen molar-refractivity contribution >= 4 is 76.8 Å². The normalized spacial score (nSPS) is 10.1. The molecule has 11 heteroatoms. The molecule has 0 spiro atoms. The minimum absolute atomic E-state index is 0. The summed E-state index contributed by atoms with van der Waals surface area (Å²) in [5.41, 5.74) is 4.29. The number of rotatable bonds is 8. The summed E-state index contributed by atoms with van der Waals surface area (Å²) in [6, 6.07) is 32.4. The summed E-state index contributed by atoms with van der Waals surface area (Å²) < 4.78 is 50.8. The predicted octanol–water partition coefficient (Wildman–Crippen LogP) is 5.60. The van der Waals surface area contributed by atoms with Crippen LogP contribution >= 0.6 is 31.6 Å². The molecule has 42 heavy (non-hydrogen) atoms. The Morgan fingerprint density at radius 3 is 1.57 bits per heavy atom. The van der Waals surface area contributed by atoms with E-state index in [-0.39, 0.29) is 43.1 Å². The Hall–Kier alpha value is -1.32. The second-order valence-corrected chi connectivity index (χ2v) is 12.7. The zero-order valence-electron chi connectivity index (χ0n) is 24.6. The van der Waals surface area contributed by atoms with Gasteiger partial charge in [0.1, 0.15) is 0 Å². The van der Waals surface area contributed by atoms with E-state index < -0.39 is 19.6 Å². The van der Waals surface area contributed by atoms with Crippen molar-refractivity contribution in [2.75, 3.05) is 6.66 Å². The van der Waals surface area contributed by atoms with Crippen LogP contribution in [-0.4, -0.2) is 16.4 Å². The second kappa shape index (κ2) is 25.1. The van der Waals surface area contributed by atoms with Crippen LogP contribution in [0.4, 0.5) is 0 Å². The van der Waals surface area contributed by atoms with Gasteiger partial charge in [0.25, 0.3) is 0 Å². The van der Waals surface area contributed by atoms with E-state index in [4.69, 9.17) is 12.9 Å². The van der Waals surface area contributed by atoms with Gasteiger partial charge >= 0.3 is 29.6 Å². The van der Waals surface area contributed by atoms with E-state index >= 15 is 0 Å². The Labute approximate surface area is 294 Å². The minimum atomic E-state index is -3.28. The van der Waals surface area contributed by atoms with Gasteiger partial charge in [0, 0.05) is 11.6 Å². The van der Waals surface area contributed by atoms with Crippen LogP contribution < -0.4 is 29.6 Å². The molecule has 0 aliphatic heterocycles. The van der Waals surface area contributed by atoms with E-state index in [1.165, 1.54) is 0 Å². The molecule has 1 atom stereocenters. The molecule has 0 heterocycles. The van der Waals surface area contributed by atoms with E-state index in [1.54, 1.807) is 66.7 Å². The van der Waals surface area contributed by atoms with Gasteiger partial charge in [-0.15, -0.1) is 20.8 Å². The molecule has 0 bridgehead atoms. The minimum Gasteiger partial charge on any atom is -0.813 e. The number of hydrogen-bond donors (Lipinski definition) is 0. The van der Waals surface area contributed by atoms with Crippen molar-refractivity contribution in [2.45, 2.75) is 21.4 Å². The Kier molecular flexibility index (Phi) is 24.3. The molecule has 0 aromatic heterocycles. The van der Waals surface area contributed by atoms with Crippen LogP contribution in [0.25, 0.3) is 12.2 Å². The van der Waals surface area contributed by atoms with Crippen molar-refractivity contribution < 1.29 is 46.4 Å². The average Bonchev–Trinajstić information content (AvgIpc) is 3.02. The number of halogens is 1. The van der Waals surface area contributed by atoms with Gasteiger partial charge < -0.3 is 21.9 Å². The maximum atomic E-state index is 12.1. The first-order valence-electron chi connectivity index (χ1n) is 12.4. The smallest absolute Gasteiger partial charge is 0.813 e. The summed E-state index contributed by atoms with van der Waals surface area (Å²) >= 11 is 5.60. The standard InChI is InChI=1S/C15H14O2S2.C9H9Cl.C6H5O2S.CH5P.Na.H2S/c1-2-13-8-10-14(11-9-13)12-18-19(16,17)15-6-4-3-5-7-15;1-2-8-3-5-9(7-10)6-4-8;7-9(8)6-4-2-1-3-5-6;1-2;;/h2-11H,1,12H2;2-6H,1,7H2;1-5H;2H2,1H3;;1H2/q;;-1;;+1;/p-1/i;;;2T;;. The van der Waals surface area contributed by atoms with Gasteiger partial charge in [0.05, 0.1) is 6.17 Å². The van der Waals surface area contributed by atoms with Gasteiger partial charge in [0.15, 0.2) is 0 Å². The largest absolute Gasteiger partial charge is 1.00 e. The number of thiol groups is 1. The number of alkyl halides is 1. The first-order valence-corrected chi connectivity index (χ1v) is 17.5. The summed E-state index contributed by atoms with van der Waals surface area (Å²) in [5, 5.41) is 0. The van der Waals surface area contributed by atoms with E-state index in [1.807, 2.05) is 61.3 Å². The second-order valence-electron chi connectivity index (χ2n) is 7.60. The third kappa shape index (κ3) is 17.1. The van der Waals surface area contributed by atoms with Crippen LogP contribution in [0.15, 0.2) is 132 Å². The van der Waals surface area contributed by atoms with Crippen molar-refractivity contribution in [3.05, 3.63) is 145 Å². The molecule has 0 amide bonds. The molecular weight excluding hydrogens is 654 g/mol. The van der Waals surface area contributed by atoms with Gasteiger partial charge in [-0.25, -0.2) is 8.42 Å². The summed E-state index contributed by atoms with van der Waals surface area (Å²) in [6.45, 7) is 9.16. The molecule has 220 valence electrons. The molecule has 0 aliphatic rings. The Morgan fingerprint density at radius 1 is 0.810 bits per heavy atom. The quantitative estimate of drug-likeness (QED) is 0.0600. The summed E-state index contributed by atoms with van der Waals surface area (Å²) in [6.07, 6.45) is 3.58. The molecule has 4 aromatic carbocycles. The first kappa shape index (κ1) is 40.7. The zero-order valence-corrected chi connectivity index (χ0v) is 30.7. The number of benzene rings is 4. The summed E-state index contributed by atoms with van der Waals surface area (Å²) in [7, 11) is -4.08. The molecule has 4 nitrogen and oxygen atoms in total. The van der Waals surface area contributed by atoms with Gasteiger partial charge in [-0.3, -0.25) is 0 Å². The monoisotopic (exact) mass is 689 g/mol. The van der Waals surface area contributed by atoms with Crippen LogP contribution in [0.1, 0.15) is 22.3 Å². The van der Waals surface area contributed by atoms with Crippen LogP contribution in [0.5, 0.6) is 0 Å². The van der Waals surface area contributed by atoms with Crippen molar-refractivity contribution in [2.24, 2.45) is 0 Å². The topological polar surface area (TPSA) is 68.3 Å². The van der Waals surface area contributed by atoms with E-state index in [2.05, 4.69) is 13.2 Å². The maximum absolute atomic E-state index is 12.1. The third-order valence-electron chi connectivity index (χ3n) is 4.93. The maximum Gasteiger partial charge on any atom is 1.00 e. The molecule has 0 radical (unpaired) electrons. The fourth-order valence-corrected chi connectivity index (χ4v) is 6.11. The van der Waals surface area contributed by atoms with Crippen LogP contribution in [-0.2, 0) is 53.1 Å². The summed E-state index contributed by atoms with van der Waals surface area (Å²) in [5.74, 6) is 1.02. The SMILES string of the molecule is C=Cc1ccc(CCl)cc1.C=Cc1ccc(CSS(=O)(=O)c2ccccc2)cc1.O=[S-](=O)c1ccccc1.[3H]PC.[Na+].[SH-].